The standard InChI is InChI=1S/C14H25N3O3/c1-10(13(18)16-11-5-3-2-4-6-11)17-8-7-15-9-12(17)14(19)20/h10-12,15H,2-9H2,1H3,(H,16,18)(H,19,20). The van der Waals surface area contributed by atoms with Crippen molar-refractivity contribution in [3.05, 3.63) is 0 Å². The maximum absolute atomic E-state index is 12.3. The fourth-order valence-electron chi connectivity index (χ4n) is 3.13. The summed E-state index contributed by atoms with van der Waals surface area (Å²) in [7, 11) is 0. The summed E-state index contributed by atoms with van der Waals surface area (Å²) in [5, 5.41) is 15.4. The van der Waals surface area contributed by atoms with E-state index in [1.54, 1.807) is 11.8 Å². The fourth-order valence-corrected chi connectivity index (χ4v) is 3.13. The highest BCUT2D eigenvalue weighted by Gasteiger charge is 2.35. The van der Waals surface area contributed by atoms with Crippen LogP contribution in [0.4, 0.5) is 0 Å². The van der Waals surface area contributed by atoms with Gasteiger partial charge in [-0.1, -0.05) is 19.3 Å². The molecule has 114 valence electrons. The van der Waals surface area contributed by atoms with E-state index in [-0.39, 0.29) is 18.0 Å². The summed E-state index contributed by atoms with van der Waals surface area (Å²) in [6, 6.07) is -0.735. The third-order valence-electron chi connectivity index (χ3n) is 4.40. The number of hydrogen-bond acceptors (Lipinski definition) is 4. The number of nitrogens with one attached hydrogen (secondary N) is 2. The lowest BCUT2D eigenvalue weighted by atomic mass is 9.95. The summed E-state index contributed by atoms with van der Waals surface area (Å²) in [5.74, 6) is -0.903. The number of hydrogen-bond donors (Lipinski definition) is 3. The van der Waals surface area contributed by atoms with Gasteiger partial charge in [0.1, 0.15) is 6.04 Å². The molecule has 1 saturated heterocycles. The number of piperazine rings is 1. The highest BCUT2D eigenvalue weighted by atomic mass is 16.4. The maximum Gasteiger partial charge on any atom is 0.322 e. The van der Waals surface area contributed by atoms with Gasteiger partial charge < -0.3 is 15.7 Å². The minimum absolute atomic E-state index is 0.0370. The second-order valence-corrected chi connectivity index (χ2v) is 5.82. The molecular formula is C14H25N3O3. The molecule has 3 N–H and O–H groups in total. The van der Waals surface area contributed by atoms with Gasteiger partial charge in [-0.3, -0.25) is 14.5 Å². The van der Waals surface area contributed by atoms with Crippen molar-refractivity contribution in [2.24, 2.45) is 0 Å². The zero-order valence-corrected chi connectivity index (χ0v) is 12.1. The van der Waals surface area contributed by atoms with E-state index >= 15 is 0 Å². The number of aliphatic carboxylic acids is 1. The van der Waals surface area contributed by atoms with Gasteiger partial charge in [0.05, 0.1) is 6.04 Å². The summed E-state index contributed by atoms with van der Waals surface area (Å²) in [5.41, 5.74) is 0. The van der Waals surface area contributed by atoms with Crippen LogP contribution in [0.3, 0.4) is 0 Å². The number of nitrogens with zero attached hydrogens (tertiary/aromatic N) is 1. The molecule has 0 spiro atoms. The van der Waals surface area contributed by atoms with Crippen LogP contribution in [0.15, 0.2) is 0 Å². The SMILES string of the molecule is CC(C(=O)NC1CCCCC1)N1CCNCC1C(=O)O. The summed E-state index contributed by atoms with van der Waals surface area (Å²) >= 11 is 0. The van der Waals surface area contributed by atoms with Crippen LogP contribution in [0.25, 0.3) is 0 Å². The molecular weight excluding hydrogens is 258 g/mol. The van der Waals surface area contributed by atoms with Gasteiger partial charge in [0.15, 0.2) is 0 Å². The second-order valence-electron chi connectivity index (χ2n) is 5.82. The van der Waals surface area contributed by atoms with Crippen LogP contribution in [0.5, 0.6) is 0 Å². The fraction of sp³-hybridized carbons (Fsp3) is 0.857. The zero-order chi connectivity index (χ0) is 14.5. The van der Waals surface area contributed by atoms with E-state index in [2.05, 4.69) is 10.6 Å². The van der Waals surface area contributed by atoms with Gasteiger partial charge in [-0.25, -0.2) is 0 Å². The van der Waals surface area contributed by atoms with Gasteiger partial charge >= 0.3 is 5.97 Å². The van der Waals surface area contributed by atoms with Crippen molar-refractivity contribution in [1.29, 1.82) is 0 Å². The van der Waals surface area contributed by atoms with Gasteiger partial charge in [0.2, 0.25) is 5.91 Å². The highest BCUT2D eigenvalue weighted by molar-refractivity contribution is 5.83. The molecule has 1 aliphatic carbocycles. The lowest BCUT2D eigenvalue weighted by molar-refractivity contribution is -0.146. The number of carboxylic acid groups (broad SMARTS) is 1. The normalized spacial score (nSPS) is 26.9. The van der Waals surface area contributed by atoms with Gasteiger partial charge in [-0.2, -0.15) is 0 Å². The predicted octanol–water partition coefficient (Wildman–Crippen LogP) is 0.182. The van der Waals surface area contributed by atoms with Crippen LogP contribution < -0.4 is 10.6 Å². The Hall–Kier alpha value is -1.14. The van der Waals surface area contributed by atoms with Crippen molar-refractivity contribution in [2.75, 3.05) is 19.6 Å². The van der Waals surface area contributed by atoms with Crippen LogP contribution >= 0.6 is 0 Å². The lowest BCUT2D eigenvalue weighted by Gasteiger charge is -2.37. The van der Waals surface area contributed by atoms with Gasteiger partial charge in [0.25, 0.3) is 0 Å². The molecule has 2 fully saturated rings. The van der Waals surface area contributed by atoms with Crippen molar-refractivity contribution in [3.63, 3.8) is 0 Å². The molecule has 2 unspecified atom stereocenters. The van der Waals surface area contributed by atoms with E-state index in [4.69, 9.17) is 0 Å². The van der Waals surface area contributed by atoms with Crippen LogP contribution in [0.2, 0.25) is 0 Å². The smallest absolute Gasteiger partial charge is 0.322 e. The Labute approximate surface area is 119 Å². The quantitative estimate of drug-likeness (QED) is 0.686. The Kier molecular flexibility index (Phi) is 5.37. The van der Waals surface area contributed by atoms with Crippen molar-refractivity contribution in [1.82, 2.24) is 15.5 Å². The molecule has 0 aromatic carbocycles. The van der Waals surface area contributed by atoms with Crippen LogP contribution in [-0.2, 0) is 9.59 Å². The Morgan fingerprint density at radius 2 is 2.00 bits per heavy atom. The Bertz CT molecular complexity index is 356. The molecule has 0 radical (unpaired) electrons. The van der Waals surface area contributed by atoms with Crippen LogP contribution in [0, 0.1) is 0 Å². The Morgan fingerprint density at radius 3 is 2.65 bits per heavy atom. The molecule has 1 amide bonds. The third kappa shape index (κ3) is 3.70. The number of rotatable bonds is 4. The molecule has 0 bridgehead atoms. The summed E-state index contributed by atoms with van der Waals surface area (Å²) in [6.07, 6.45) is 5.68. The minimum atomic E-state index is -0.866. The van der Waals surface area contributed by atoms with Crippen molar-refractivity contribution < 1.29 is 14.7 Å². The number of amides is 1. The van der Waals surface area contributed by atoms with E-state index in [0.717, 1.165) is 19.4 Å². The van der Waals surface area contributed by atoms with Gasteiger partial charge in [-0.15, -0.1) is 0 Å². The van der Waals surface area contributed by atoms with Crippen molar-refractivity contribution in [3.8, 4) is 0 Å². The Morgan fingerprint density at radius 1 is 1.30 bits per heavy atom. The van der Waals surface area contributed by atoms with Crippen LogP contribution in [0.1, 0.15) is 39.0 Å². The molecule has 6 heteroatoms. The Balaban J connectivity index is 1.92. The molecule has 1 saturated carbocycles. The second kappa shape index (κ2) is 7.04. The highest BCUT2D eigenvalue weighted by Crippen LogP contribution is 2.18. The van der Waals surface area contributed by atoms with Gasteiger partial charge in [-0.05, 0) is 19.8 Å². The topological polar surface area (TPSA) is 81.7 Å². The first kappa shape index (κ1) is 15.3. The molecule has 2 rings (SSSR count). The largest absolute Gasteiger partial charge is 0.480 e. The first-order chi connectivity index (χ1) is 9.59. The summed E-state index contributed by atoms with van der Waals surface area (Å²) in [4.78, 5) is 25.4. The summed E-state index contributed by atoms with van der Waals surface area (Å²) < 4.78 is 0. The van der Waals surface area contributed by atoms with E-state index in [1.165, 1.54) is 19.3 Å². The minimum Gasteiger partial charge on any atom is -0.480 e. The molecule has 0 aromatic rings. The molecule has 1 aliphatic heterocycles. The molecule has 0 aromatic heterocycles. The lowest BCUT2D eigenvalue weighted by Crippen LogP contribution is -2.61. The predicted molar refractivity (Wildman–Crippen MR) is 75.5 cm³/mol. The number of carbonyl (C=O) groups excluding carboxylic acids is 1. The first-order valence-electron chi connectivity index (χ1n) is 7.59. The third-order valence-corrected chi connectivity index (χ3v) is 4.40. The number of carboxylic acids is 1. The van der Waals surface area contributed by atoms with E-state index < -0.39 is 12.0 Å². The maximum atomic E-state index is 12.3. The molecule has 6 nitrogen and oxygen atoms in total. The molecule has 2 aliphatic rings. The van der Waals surface area contributed by atoms with E-state index in [1.807, 2.05) is 0 Å². The zero-order valence-electron chi connectivity index (χ0n) is 12.1. The van der Waals surface area contributed by atoms with E-state index in [0.29, 0.717) is 13.1 Å². The molecule has 20 heavy (non-hydrogen) atoms. The molecule has 2 atom stereocenters. The van der Waals surface area contributed by atoms with Crippen LogP contribution in [-0.4, -0.2) is 59.6 Å². The average Bonchev–Trinajstić information content (AvgIpc) is 2.47. The number of carbonyl (C=O) groups is 2. The van der Waals surface area contributed by atoms with Crippen molar-refractivity contribution in [2.45, 2.75) is 57.2 Å². The van der Waals surface area contributed by atoms with Crippen molar-refractivity contribution >= 4 is 11.9 Å². The monoisotopic (exact) mass is 283 g/mol. The summed E-state index contributed by atoms with van der Waals surface area (Å²) in [6.45, 7) is 3.52. The molecule has 1 heterocycles. The van der Waals surface area contributed by atoms with E-state index in [9.17, 15) is 14.7 Å². The first-order valence-corrected chi connectivity index (χ1v) is 7.59. The van der Waals surface area contributed by atoms with Gasteiger partial charge in [0, 0.05) is 25.7 Å². The average molecular weight is 283 g/mol.